The number of carbonyl (C=O) groups is 1. The molecule has 0 unspecified atom stereocenters. The first-order valence-corrected chi connectivity index (χ1v) is 13.7. The highest BCUT2D eigenvalue weighted by Crippen LogP contribution is 2.36. The van der Waals surface area contributed by atoms with Crippen LogP contribution in [-0.4, -0.2) is 58.4 Å². The lowest BCUT2D eigenvalue weighted by atomic mass is 9.79. The molecule has 4 rings (SSSR count). The number of halogens is 2. The predicted molar refractivity (Wildman–Crippen MR) is 141 cm³/mol. The molecule has 0 aliphatic carbocycles. The maximum absolute atomic E-state index is 15.5. The first-order valence-electron chi connectivity index (χ1n) is 12.7. The van der Waals surface area contributed by atoms with E-state index in [1.165, 1.54) is 17.8 Å². The molecule has 0 amide bonds. The Kier molecular flexibility index (Phi) is 9.68. The summed E-state index contributed by atoms with van der Waals surface area (Å²) in [5.41, 5.74) is 1.32. The Morgan fingerprint density at radius 3 is 2.89 bits per heavy atom. The van der Waals surface area contributed by atoms with Crippen molar-refractivity contribution in [3.63, 3.8) is 0 Å². The number of benzene rings is 1. The van der Waals surface area contributed by atoms with Gasteiger partial charge in [0.15, 0.2) is 5.82 Å². The highest BCUT2D eigenvalue weighted by Gasteiger charge is 2.31. The molecule has 1 aromatic carbocycles. The minimum atomic E-state index is -1.16. The standard InChI is InChI=1S/C28H33F2N3O3S/c1-36-21-6-8-26-23(17-21)22(9-12-31-26)24(29)7-5-19-10-14-33(18-20(19)16-27(34)35)13-3-15-37-28-25(30)4-2-11-32-28/h2,4,6,8-9,11-12,17,19-20,24H,3,5,7,10,13-16,18H2,1H3,(H,34,35)/t19-,20+,24+/m1/s1. The number of rotatable bonds is 12. The van der Waals surface area contributed by atoms with Crippen molar-refractivity contribution < 1.29 is 23.4 Å². The summed E-state index contributed by atoms with van der Waals surface area (Å²) in [7, 11) is 1.58. The molecular weight excluding hydrogens is 496 g/mol. The van der Waals surface area contributed by atoms with Crippen LogP contribution in [0, 0.1) is 17.7 Å². The largest absolute Gasteiger partial charge is 0.497 e. The van der Waals surface area contributed by atoms with Crippen molar-refractivity contribution in [3.8, 4) is 5.75 Å². The van der Waals surface area contributed by atoms with Crippen LogP contribution in [0.4, 0.5) is 8.78 Å². The van der Waals surface area contributed by atoms with E-state index >= 15 is 4.39 Å². The molecular formula is C28H33F2N3O3S. The minimum Gasteiger partial charge on any atom is -0.497 e. The van der Waals surface area contributed by atoms with E-state index in [9.17, 15) is 14.3 Å². The second-order valence-corrected chi connectivity index (χ2v) is 10.6. The van der Waals surface area contributed by atoms with Crippen LogP contribution < -0.4 is 4.74 Å². The second-order valence-electron chi connectivity index (χ2n) is 9.53. The van der Waals surface area contributed by atoms with Crippen molar-refractivity contribution in [1.29, 1.82) is 0 Å². The number of likely N-dealkylation sites (tertiary alicyclic amines) is 1. The van der Waals surface area contributed by atoms with E-state index in [1.807, 2.05) is 18.2 Å². The molecule has 37 heavy (non-hydrogen) atoms. The molecule has 0 saturated carbocycles. The molecule has 9 heteroatoms. The van der Waals surface area contributed by atoms with E-state index in [0.717, 1.165) is 42.6 Å². The Labute approximate surface area is 220 Å². The third-order valence-corrected chi connectivity index (χ3v) is 8.17. The Morgan fingerprint density at radius 1 is 1.24 bits per heavy atom. The summed E-state index contributed by atoms with van der Waals surface area (Å²) in [4.78, 5) is 22.3. The van der Waals surface area contributed by atoms with Gasteiger partial charge in [0.2, 0.25) is 0 Å². The number of aromatic nitrogens is 2. The van der Waals surface area contributed by atoms with Crippen LogP contribution >= 0.6 is 11.8 Å². The van der Waals surface area contributed by atoms with E-state index in [-0.39, 0.29) is 24.1 Å². The molecule has 0 bridgehead atoms. The van der Waals surface area contributed by atoms with Crippen molar-refractivity contribution in [2.75, 3.05) is 32.5 Å². The van der Waals surface area contributed by atoms with Gasteiger partial charge >= 0.3 is 5.97 Å². The topological polar surface area (TPSA) is 75.5 Å². The number of hydrogen-bond acceptors (Lipinski definition) is 6. The fraction of sp³-hybridized carbons (Fsp3) is 0.464. The lowest BCUT2D eigenvalue weighted by Gasteiger charge is -2.38. The lowest BCUT2D eigenvalue weighted by Crippen LogP contribution is -2.42. The number of fused-ring (bicyclic) bond motifs is 1. The van der Waals surface area contributed by atoms with Crippen LogP contribution in [0.15, 0.2) is 53.8 Å². The smallest absolute Gasteiger partial charge is 0.303 e. The van der Waals surface area contributed by atoms with Gasteiger partial charge in [0.05, 0.1) is 12.6 Å². The van der Waals surface area contributed by atoms with Gasteiger partial charge in [0.25, 0.3) is 0 Å². The number of nitrogens with zero attached hydrogens (tertiary/aromatic N) is 3. The fourth-order valence-corrected chi connectivity index (χ4v) is 6.00. The number of alkyl halides is 1. The van der Waals surface area contributed by atoms with Gasteiger partial charge in [-0.3, -0.25) is 9.78 Å². The molecule has 1 aliphatic heterocycles. The van der Waals surface area contributed by atoms with Gasteiger partial charge in [0, 0.05) is 36.5 Å². The SMILES string of the molecule is COc1ccc2nccc([C@@H](F)CC[C@@H]3CCN(CCCSc4ncccc4F)C[C@@H]3CC(=O)O)c2c1. The van der Waals surface area contributed by atoms with Crippen LogP contribution in [0.2, 0.25) is 0 Å². The van der Waals surface area contributed by atoms with Crippen LogP contribution in [0.25, 0.3) is 10.9 Å². The normalized spacial score (nSPS) is 19.1. The minimum absolute atomic E-state index is 0.0198. The summed E-state index contributed by atoms with van der Waals surface area (Å²) in [5, 5.41) is 10.7. The quantitative estimate of drug-likeness (QED) is 0.222. The summed E-state index contributed by atoms with van der Waals surface area (Å²) >= 11 is 1.40. The van der Waals surface area contributed by atoms with Crippen LogP contribution in [-0.2, 0) is 4.79 Å². The number of thioether (sulfide) groups is 1. The Hall–Kier alpha value is -2.78. The highest BCUT2D eigenvalue weighted by molar-refractivity contribution is 7.99. The maximum atomic E-state index is 15.5. The van der Waals surface area contributed by atoms with Crippen molar-refractivity contribution in [1.82, 2.24) is 14.9 Å². The summed E-state index contributed by atoms with van der Waals surface area (Å²) in [6, 6.07) is 10.2. The van der Waals surface area contributed by atoms with Gasteiger partial charge in [-0.1, -0.05) is 0 Å². The van der Waals surface area contributed by atoms with Gasteiger partial charge in [-0.15, -0.1) is 11.8 Å². The number of methoxy groups -OCH3 is 1. The zero-order chi connectivity index (χ0) is 26.2. The first kappa shape index (κ1) is 27.3. The monoisotopic (exact) mass is 529 g/mol. The Bertz CT molecular complexity index is 1200. The van der Waals surface area contributed by atoms with Gasteiger partial charge in [0.1, 0.15) is 16.9 Å². The second kappa shape index (κ2) is 13.1. The molecule has 198 valence electrons. The molecule has 1 aliphatic rings. The highest BCUT2D eigenvalue weighted by atomic mass is 32.2. The Balaban J connectivity index is 1.31. The van der Waals surface area contributed by atoms with Gasteiger partial charge in [-0.25, -0.2) is 13.8 Å². The van der Waals surface area contributed by atoms with E-state index in [0.29, 0.717) is 35.7 Å². The van der Waals surface area contributed by atoms with Crippen molar-refractivity contribution >= 4 is 28.6 Å². The Morgan fingerprint density at radius 2 is 2.11 bits per heavy atom. The molecule has 1 saturated heterocycles. The number of aliphatic carboxylic acids is 1. The molecule has 0 radical (unpaired) electrons. The molecule has 6 nitrogen and oxygen atoms in total. The van der Waals surface area contributed by atoms with Gasteiger partial charge in [-0.05, 0) is 92.6 Å². The fourth-order valence-electron chi connectivity index (χ4n) is 5.19. The lowest BCUT2D eigenvalue weighted by molar-refractivity contribution is -0.139. The number of hydrogen-bond donors (Lipinski definition) is 1. The van der Waals surface area contributed by atoms with E-state index < -0.39 is 12.1 Å². The summed E-state index contributed by atoms with van der Waals surface area (Å²) in [6.45, 7) is 2.36. The number of carboxylic acid groups (broad SMARTS) is 1. The average molecular weight is 530 g/mol. The van der Waals surface area contributed by atoms with Crippen LogP contribution in [0.1, 0.15) is 43.8 Å². The third kappa shape index (κ3) is 7.38. The molecule has 0 spiro atoms. The van der Waals surface area contributed by atoms with Gasteiger partial charge < -0.3 is 14.7 Å². The number of piperidine rings is 1. The predicted octanol–water partition coefficient (Wildman–Crippen LogP) is 6.16. The van der Waals surface area contributed by atoms with Crippen molar-refractivity contribution in [2.45, 2.75) is 43.3 Å². The average Bonchev–Trinajstić information content (AvgIpc) is 2.90. The molecule has 3 heterocycles. The maximum Gasteiger partial charge on any atom is 0.303 e. The third-order valence-electron chi connectivity index (χ3n) is 7.11. The van der Waals surface area contributed by atoms with Gasteiger partial charge in [-0.2, -0.15) is 0 Å². The van der Waals surface area contributed by atoms with Crippen molar-refractivity contribution in [2.24, 2.45) is 11.8 Å². The zero-order valence-electron chi connectivity index (χ0n) is 21.0. The number of carboxylic acids is 1. The number of ether oxygens (including phenoxy) is 1. The molecule has 2 aromatic heterocycles. The van der Waals surface area contributed by atoms with E-state index in [1.54, 1.807) is 31.6 Å². The van der Waals surface area contributed by atoms with Crippen LogP contribution in [0.3, 0.4) is 0 Å². The molecule has 1 N–H and O–H groups in total. The summed E-state index contributed by atoms with van der Waals surface area (Å²) < 4.78 is 34.5. The number of pyridine rings is 2. The summed E-state index contributed by atoms with van der Waals surface area (Å²) in [6.07, 6.45) is 4.81. The first-order chi connectivity index (χ1) is 17.9. The van der Waals surface area contributed by atoms with E-state index in [2.05, 4.69) is 14.9 Å². The van der Waals surface area contributed by atoms with Crippen LogP contribution in [0.5, 0.6) is 5.75 Å². The summed E-state index contributed by atoms with van der Waals surface area (Å²) in [5.74, 6) is 0.415. The van der Waals surface area contributed by atoms with Crippen molar-refractivity contribution in [3.05, 3.63) is 60.2 Å². The molecule has 3 atom stereocenters. The van der Waals surface area contributed by atoms with E-state index in [4.69, 9.17) is 4.74 Å². The molecule has 1 fully saturated rings. The zero-order valence-corrected chi connectivity index (χ0v) is 21.8. The molecule has 3 aromatic rings.